The number of hydrogen-bond acceptors (Lipinski definition) is 5. The first kappa shape index (κ1) is 28.0. The Hall–Kier alpha value is -2.01. The predicted molar refractivity (Wildman–Crippen MR) is 110 cm³/mol. The van der Waals surface area contributed by atoms with E-state index in [1.807, 2.05) is 0 Å². The van der Waals surface area contributed by atoms with Crippen molar-refractivity contribution >= 4 is 53.4 Å². The molecule has 168 valence electrons. The van der Waals surface area contributed by atoms with Crippen LogP contribution in [0.1, 0.15) is 22.1 Å². The van der Waals surface area contributed by atoms with Gasteiger partial charge < -0.3 is 14.6 Å². The molecule has 2 rings (SSSR count). The summed E-state index contributed by atoms with van der Waals surface area (Å²) in [7, 11) is 9.16. The standard InChI is InChI=1S/C8H6ClFO2.C8H7FO3.CH3F.Cl2OS/c1-12-5-2-3-6(8(9)11)7(10)4-5;1-12-5-2-3-6(8(10)11)7(9)4-5;1-2;1-4(2)3/h2-4H,1H3;2-4H,1H3,(H,10,11);1H3;/i;;1D;. The van der Waals surface area contributed by atoms with Gasteiger partial charge in [-0.3, -0.25) is 9.18 Å². The van der Waals surface area contributed by atoms with Crippen molar-refractivity contribution in [2.45, 2.75) is 0 Å². The third-order valence-corrected chi connectivity index (χ3v) is 3.00. The zero-order valence-corrected chi connectivity index (χ0v) is 18.4. The van der Waals surface area contributed by atoms with Crippen LogP contribution in [0.15, 0.2) is 36.4 Å². The first-order chi connectivity index (χ1) is 14.4. The number of alkyl halides is 1. The van der Waals surface area contributed by atoms with Gasteiger partial charge in [-0.1, -0.05) is 0 Å². The van der Waals surface area contributed by atoms with E-state index in [4.69, 9.17) is 31.8 Å². The van der Waals surface area contributed by atoms with E-state index < -0.39 is 39.2 Å². The van der Waals surface area contributed by atoms with E-state index in [2.05, 4.69) is 21.4 Å². The highest BCUT2D eigenvalue weighted by Gasteiger charge is 2.10. The van der Waals surface area contributed by atoms with Gasteiger partial charge >= 0.3 is 5.97 Å². The zero-order chi connectivity index (χ0) is 24.6. The molecule has 2 aromatic carbocycles. The fourth-order valence-electron chi connectivity index (χ4n) is 1.58. The number of methoxy groups -OCH3 is 2. The van der Waals surface area contributed by atoms with Crippen LogP contribution < -0.4 is 9.47 Å². The third kappa shape index (κ3) is 12.5. The lowest BCUT2D eigenvalue weighted by Gasteiger charge is -2.00. The molecule has 30 heavy (non-hydrogen) atoms. The number of hydrogen-bond donors (Lipinski definition) is 1. The molecule has 0 aromatic heterocycles. The zero-order valence-electron chi connectivity index (χ0n) is 16.3. The van der Waals surface area contributed by atoms with Crippen LogP contribution in [0, 0.1) is 11.6 Å². The SMILES string of the molecule is COc1ccc(C(=O)Cl)c(F)c1.COc1ccc(C(=O)O)c(F)c1.O=S(Cl)Cl.[2H]CF. The molecule has 1 N–H and O–H groups in total. The van der Waals surface area contributed by atoms with E-state index in [0.29, 0.717) is 11.5 Å². The highest BCUT2D eigenvalue weighted by Crippen LogP contribution is 2.17. The number of benzene rings is 2. The molecule has 0 radical (unpaired) electrons. The van der Waals surface area contributed by atoms with Crippen LogP contribution in [0.5, 0.6) is 11.5 Å². The number of aromatic carboxylic acids is 1. The number of ether oxygens (including phenoxy) is 2. The number of carbonyl (C=O) groups is 2. The van der Waals surface area contributed by atoms with Crippen LogP contribution >= 0.6 is 33.0 Å². The van der Waals surface area contributed by atoms with E-state index in [9.17, 15) is 22.8 Å². The Balaban J connectivity index is 0. The van der Waals surface area contributed by atoms with Crippen molar-refractivity contribution in [2.75, 3.05) is 21.4 Å². The van der Waals surface area contributed by atoms with Gasteiger partial charge in [0.25, 0.3) is 5.24 Å². The van der Waals surface area contributed by atoms with Crippen molar-refractivity contribution in [3.63, 3.8) is 0 Å². The molecular formula is C17H16Cl3F3O6S. The fourth-order valence-corrected chi connectivity index (χ4v) is 1.73. The summed E-state index contributed by atoms with van der Waals surface area (Å²) in [5.41, 5.74) is -0.492. The maximum Gasteiger partial charge on any atom is 0.338 e. The van der Waals surface area contributed by atoms with E-state index in [1.165, 1.54) is 32.4 Å². The predicted octanol–water partition coefficient (Wildman–Crippen LogP) is 5.37. The Labute approximate surface area is 188 Å². The molecule has 0 aliphatic heterocycles. The first-order valence-electron chi connectivity index (χ1n) is 7.85. The maximum atomic E-state index is 12.9. The van der Waals surface area contributed by atoms with Gasteiger partial charge in [-0.05, 0) is 35.9 Å². The van der Waals surface area contributed by atoms with Gasteiger partial charge in [-0.25, -0.2) is 17.8 Å². The Morgan fingerprint density at radius 3 is 1.57 bits per heavy atom. The van der Waals surface area contributed by atoms with Gasteiger partial charge in [0, 0.05) is 33.5 Å². The number of carbonyl (C=O) groups excluding carboxylic acids is 1. The first-order valence-corrected chi connectivity index (χ1v) is 10.3. The Morgan fingerprint density at radius 1 is 1.00 bits per heavy atom. The summed E-state index contributed by atoms with van der Waals surface area (Å²) in [4.78, 5) is 20.9. The minimum absolute atomic E-state index is 0.141. The van der Waals surface area contributed by atoms with Crippen LogP contribution in [0.2, 0.25) is 0 Å². The molecule has 0 fully saturated rings. The van der Waals surface area contributed by atoms with Crippen LogP contribution in [-0.2, 0) is 9.23 Å². The smallest absolute Gasteiger partial charge is 0.338 e. The van der Waals surface area contributed by atoms with Crippen LogP contribution in [0.25, 0.3) is 0 Å². The van der Waals surface area contributed by atoms with E-state index in [-0.39, 0.29) is 11.1 Å². The molecule has 0 amide bonds. The quantitative estimate of drug-likeness (QED) is 0.554. The average Bonchev–Trinajstić information content (AvgIpc) is 2.67. The number of carboxylic acid groups (broad SMARTS) is 1. The van der Waals surface area contributed by atoms with Gasteiger partial charge in [0.2, 0.25) is 9.23 Å². The monoisotopic (exact) mass is 511 g/mol. The summed E-state index contributed by atoms with van der Waals surface area (Å²) >= 11 is 5.08. The van der Waals surface area contributed by atoms with Crippen LogP contribution in [0.3, 0.4) is 0 Å². The molecule has 0 unspecified atom stereocenters. The summed E-state index contributed by atoms with van der Waals surface area (Å²) in [5.74, 6) is -2.09. The maximum absolute atomic E-state index is 12.9. The van der Waals surface area contributed by atoms with Gasteiger partial charge in [0.05, 0.1) is 33.9 Å². The lowest BCUT2D eigenvalue weighted by molar-refractivity contribution is 0.0691. The Bertz CT molecular complexity index is 810. The molecule has 6 nitrogen and oxygen atoms in total. The highest BCUT2D eigenvalue weighted by atomic mass is 36.0. The lowest BCUT2D eigenvalue weighted by Crippen LogP contribution is -2.00. The largest absolute Gasteiger partial charge is 0.497 e. The Morgan fingerprint density at radius 2 is 1.33 bits per heavy atom. The van der Waals surface area contributed by atoms with Crippen LogP contribution in [-0.4, -0.2) is 41.9 Å². The summed E-state index contributed by atoms with van der Waals surface area (Å²) in [6.45, 7) is 0. The van der Waals surface area contributed by atoms with E-state index in [0.717, 1.165) is 18.2 Å². The second kappa shape index (κ2) is 16.8. The van der Waals surface area contributed by atoms with Crippen LogP contribution in [0.4, 0.5) is 13.2 Å². The van der Waals surface area contributed by atoms with E-state index >= 15 is 0 Å². The van der Waals surface area contributed by atoms with Crippen molar-refractivity contribution in [3.8, 4) is 11.5 Å². The molecular weight excluding hydrogens is 496 g/mol. The summed E-state index contributed by atoms with van der Waals surface area (Å²) < 4.78 is 59.7. The minimum Gasteiger partial charge on any atom is -0.497 e. The molecule has 0 bridgehead atoms. The van der Waals surface area contributed by atoms with Crippen molar-refractivity contribution < 1.29 is 42.9 Å². The summed E-state index contributed by atoms with van der Waals surface area (Å²) in [5, 5.41) is 7.64. The third-order valence-electron chi connectivity index (χ3n) is 2.79. The minimum atomic E-state index is -1.67. The van der Waals surface area contributed by atoms with Crippen molar-refractivity contribution in [3.05, 3.63) is 59.2 Å². The molecule has 0 aliphatic carbocycles. The second-order valence-corrected chi connectivity index (χ2v) is 7.32. The summed E-state index contributed by atoms with van der Waals surface area (Å²) in [6, 6.07) is 7.45. The summed E-state index contributed by atoms with van der Waals surface area (Å²) in [6.07, 6.45) is 0. The van der Waals surface area contributed by atoms with Crippen molar-refractivity contribution in [1.82, 2.24) is 0 Å². The molecule has 2 aromatic rings. The fraction of sp³-hybridized carbons (Fsp3) is 0.176. The molecule has 0 atom stereocenters. The number of halogens is 6. The molecule has 0 aliphatic rings. The second-order valence-electron chi connectivity index (χ2n) is 4.45. The molecule has 0 saturated heterocycles. The number of rotatable bonds is 4. The van der Waals surface area contributed by atoms with Gasteiger partial charge in [0.15, 0.2) is 0 Å². The topological polar surface area (TPSA) is 89.9 Å². The Kier molecular flexibility index (Phi) is 15.6. The van der Waals surface area contributed by atoms with E-state index in [1.54, 1.807) is 0 Å². The average molecular weight is 513 g/mol. The van der Waals surface area contributed by atoms with Crippen molar-refractivity contribution in [2.24, 2.45) is 0 Å². The number of carboxylic acids is 1. The molecule has 0 heterocycles. The molecule has 0 spiro atoms. The lowest BCUT2D eigenvalue weighted by atomic mass is 10.2. The van der Waals surface area contributed by atoms with Crippen molar-refractivity contribution in [1.29, 1.82) is 0 Å². The molecule has 0 saturated carbocycles. The van der Waals surface area contributed by atoms with Gasteiger partial charge in [-0.15, -0.1) is 0 Å². The van der Waals surface area contributed by atoms with Gasteiger partial charge in [0.1, 0.15) is 23.1 Å². The van der Waals surface area contributed by atoms with Gasteiger partial charge in [-0.2, -0.15) is 0 Å². The highest BCUT2D eigenvalue weighted by molar-refractivity contribution is 8.26. The normalized spacial score (nSPS) is 9.43. The molecule has 13 heteroatoms.